The van der Waals surface area contributed by atoms with Gasteiger partial charge in [0.1, 0.15) is 5.37 Å². The van der Waals surface area contributed by atoms with Gasteiger partial charge in [-0.3, -0.25) is 0 Å². The highest BCUT2D eigenvalue weighted by Gasteiger charge is 2.32. The largest absolute Gasteiger partial charge is 0.323 e. The second-order valence-corrected chi connectivity index (χ2v) is 7.33. The lowest BCUT2D eigenvalue weighted by molar-refractivity contribution is 0.214. The van der Waals surface area contributed by atoms with Gasteiger partial charge in [0.15, 0.2) is 0 Å². The summed E-state index contributed by atoms with van der Waals surface area (Å²) in [5, 5.41) is 3.86. The average Bonchev–Trinajstić information content (AvgIpc) is 2.99. The van der Waals surface area contributed by atoms with Gasteiger partial charge < -0.3 is 10.2 Å². The van der Waals surface area contributed by atoms with Crippen molar-refractivity contribution in [1.82, 2.24) is 4.90 Å². The molecule has 0 radical (unpaired) electrons. The Balaban J connectivity index is 1.81. The SMILES string of the molecule is Cc1cccc(NC(=O)N2CCS[C@@H]2c2cccc(Cl)c2Cl)c1. The predicted octanol–water partition coefficient (Wildman–Crippen LogP) is 5.58. The lowest BCUT2D eigenvalue weighted by Gasteiger charge is -2.25. The standard InChI is InChI=1S/C17H16Cl2N2OS/c1-11-4-2-5-12(10-11)20-17(22)21-8-9-23-16(21)13-6-3-7-14(18)15(13)19/h2-7,10,16H,8-9H2,1H3,(H,20,22)/t16-/m1/s1. The first-order chi connectivity index (χ1) is 11.1. The number of nitrogens with one attached hydrogen (secondary N) is 1. The topological polar surface area (TPSA) is 32.3 Å². The van der Waals surface area contributed by atoms with Crippen molar-refractivity contribution in [1.29, 1.82) is 0 Å². The number of urea groups is 1. The Morgan fingerprint density at radius 2 is 2.04 bits per heavy atom. The van der Waals surface area contributed by atoms with E-state index in [4.69, 9.17) is 23.2 Å². The van der Waals surface area contributed by atoms with Gasteiger partial charge in [-0.25, -0.2) is 4.79 Å². The number of carbonyl (C=O) groups is 1. The van der Waals surface area contributed by atoms with Crippen molar-refractivity contribution in [3.8, 4) is 0 Å². The van der Waals surface area contributed by atoms with E-state index >= 15 is 0 Å². The fraction of sp³-hybridized carbons (Fsp3) is 0.235. The first kappa shape index (κ1) is 16.5. The zero-order valence-corrected chi connectivity index (χ0v) is 14.9. The van der Waals surface area contributed by atoms with E-state index < -0.39 is 0 Å². The summed E-state index contributed by atoms with van der Waals surface area (Å²) in [6.45, 7) is 2.67. The van der Waals surface area contributed by atoms with Crippen LogP contribution in [-0.2, 0) is 0 Å². The van der Waals surface area contributed by atoms with Gasteiger partial charge in [0.05, 0.1) is 10.0 Å². The Kier molecular flexibility index (Phi) is 5.05. The number of nitrogens with zero attached hydrogens (tertiary/aromatic N) is 1. The van der Waals surface area contributed by atoms with Gasteiger partial charge in [-0.1, -0.05) is 47.5 Å². The number of benzene rings is 2. The fourth-order valence-electron chi connectivity index (χ4n) is 2.56. The average molecular weight is 367 g/mol. The number of hydrogen-bond acceptors (Lipinski definition) is 2. The molecule has 2 amide bonds. The Bertz CT molecular complexity index is 738. The number of aryl methyl sites for hydroxylation is 1. The van der Waals surface area contributed by atoms with Crippen molar-refractivity contribution in [2.24, 2.45) is 0 Å². The summed E-state index contributed by atoms with van der Waals surface area (Å²) in [6.07, 6.45) is 0. The van der Waals surface area contributed by atoms with E-state index in [1.54, 1.807) is 22.7 Å². The Labute approximate surface area is 150 Å². The van der Waals surface area contributed by atoms with Crippen molar-refractivity contribution in [3.63, 3.8) is 0 Å². The van der Waals surface area contributed by atoms with Crippen molar-refractivity contribution < 1.29 is 4.79 Å². The molecule has 0 unspecified atom stereocenters. The summed E-state index contributed by atoms with van der Waals surface area (Å²) in [5.41, 5.74) is 2.77. The first-order valence-corrected chi connectivity index (χ1v) is 9.06. The molecule has 1 heterocycles. The zero-order valence-electron chi connectivity index (χ0n) is 12.6. The van der Waals surface area contributed by atoms with Crippen LogP contribution in [0.3, 0.4) is 0 Å². The molecule has 0 aliphatic carbocycles. The van der Waals surface area contributed by atoms with Crippen LogP contribution in [0.1, 0.15) is 16.5 Å². The monoisotopic (exact) mass is 366 g/mol. The molecule has 3 nitrogen and oxygen atoms in total. The molecule has 2 aromatic carbocycles. The van der Waals surface area contributed by atoms with Crippen molar-refractivity contribution >= 4 is 46.7 Å². The van der Waals surface area contributed by atoms with Crippen LogP contribution in [0.2, 0.25) is 10.0 Å². The van der Waals surface area contributed by atoms with Gasteiger partial charge in [-0.15, -0.1) is 11.8 Å². The summed E-state index contributed by atoms with van der Waals surface area (Å²) >= 11 is 14.1. The number of hydrogen-bond donors (Lipinski definition) is 1. The molecule has 1 aliphatic heterocycles. The van der Waals surface area contributed by atoms with E-state index in [0.29, 0.717) is 16.6 Å². The van der Waals surface area contributed by atoms with Crippen LogP contribution in [0.25, 0.3) is 0 Å². The quantitative estimate of drug-likeness (QED) is 0.751. The molecule has 0 aromatic heterocycles. The van der Waals surface area contributed by atoms with E-state index in [0.717, 1.165) is 22.6 Å². The molecule has 0 spiro atoms. The summed E-state index contributed by atoms with van der Waals surface area (Å²) in [7, 11) is 0. The molecule has 2 aromatic rings. The van der Waals surface area contributed by atoms with Crippen LogP contribution in [-0.4, -0.2) is 23.2 Å². The minimum absolute atomic E-state index is 0.119. The molecule has 1 N–H and O–H groups in total. The number of rotatable bonds is 2. The van der Waals surface area contributed by atoms with Gasteiger partial charge in [0.2, 0.25) is 0 Å². The lowest BCUT2D eigenvalue weighted by atomic mass is 10.2. The third-order valence-corrected chi connectivity index (χ3v) is 5.74. The molecule has 3 rings (SSSR count). The molecule has 120 valence electrons. The molecule has 0 bridgehead atoms. The van der Waals surface area contributed by atoms with Crippen LogP contribution in [0, 0.1) is 6.92 Å². The van der Waals surface area contributed by atoms with Gasteiger partial charge >= 0.3 is 6.03 Å². The van der Waals surface area contributed by atoms with Gasteiger partial charge in [-0.2, -0.15) is 0 Å². The van der Waals surface area contributed by atoms with Crippen molar-refractivity contribution in [2.45, 2.75) is 12.3 Å². The van der Waals surface area contributed by atoms with Crippen LogP contribution in [0.15, 0.2) is 42.5 Å². The highest BCUT2D eigenvalue weighted by atomic mass is 35.5. The minimum atomic E-state index is -0.123. The third-order valence-electron chi connectivity index (χ3n) is 3.67. The molecule has 0 saturated carbocycles. The lowest BCUT2D eigenvalue weighted by Crippen LogP contribution is -2.34. The number of amides is 2. The highest BCUT2D eigenvalue weighted by Crippen LogP contribution is 2.42. The Morgan fingerprint density at radius 1 is 1.26 bits per heavy atom. The molecular formula is C17H16Cl2N2OS. The summed E-state index contributed by atoms with van der Waals surface area (Å²) in [5.74, 6) is 0.870. The fourth-order valence-corrected chi connectivity index (χ4v) is 4.32. The summed E-state index contributed by atoms with van der Waals surface area (Å²) in [4.78, 5) is 14.4. The van der Waals surface area contributed by atoms with E-state index in [2.05, 4.69) is 5.32 Å². The highest BCUT2D eigenvalue weighted by molar-refractivity contribution is 7.99. The molecule has 6 heteroatoms. The molecule has 1 saturated heterocycles. The smallest absolute Gasteiger partial charge is 0.308 e. The predicted molar refractivity (Wildman–Crippen MR) is 98.6 cm³/mol. The van der Waals surface area contributed by atoms with Gasteiger partial charge in [0, 0.05) is 23.5 Å². The minimum Gasteiger partial charge on any atom is -0.308 e. The maximum Gasteiger partial charge on any atom is 0.323 e. The normalized spacial score (nSPS) is 17.3. The third kappa shape index (κ3) is 3.60. The maximum atomic E-state index is 12.6. The van der Waals surface area contributed by atoms with Gasteiger partial charge in [0.25, 0.3) is 0 Å². The van der Waals surface area contributed by atoms with E-state index in [1.165, 1.54) is 0 Å². The second kappa shape index (κ2) is 7.04. The maximum absolute atomic E-state index is 12.6. The number of halogens is 2. The number of carbonyl (C=O) groups excluding carboxylic acids is 1. The van der Waals surface area contributed by atoms with Crippen molar-refractivity contribution in [3.05, 3.63) is 63.6 Å². The molecule has 1 atom stereocenters. The van der Waals surface area contributed by atoms with Gasteiger partial charge in [-0.05, 0) is 30.7 Å². The van der Waals surface area contributed by atoms with E-state index in [-0.39, 0.29) is 11.4 Å². The zero-order chi connectivity index (χ0) is 16.4. The van der Waals surface area contributed by atoms with Crippen LogP contribution < -0.4 is 5.32 Å². The van der Waals surface area contributed by atoms with E-state index in [1.807, 2.05) is 43.3 Å². The van der Waals surface area contributed by atoms with Crippen molar-refractivity contribution in [2.75, 3.05) is 17.6 Å². The molecule has 1 aliphatic rings. The van der Waals surface area contributed by atoms with Crippen LogP contribution in [0.4, 0.5) is 10.5 Å². The molecule has 23 heavy (non-hydrogen) atoms. The summed E-state index contributed by atoms with van der Waals surface area (Å²) < 4.78 is 0. The molecule has 1 fully saturated rings. The Morgan fingerprint density at radius 3 is 2.83 bits per heavy atom. The van der Waals surface area contributed by atoms with Crippen LogP contribution in [0.5, 0.6) is 0 Å². The first-order valence-electron chi connectivity index (χ1n) is 7.26. The Hall–Kier alpha value is -1.36. The molecular weight excluding hydrogens is 351 g/mol. The van der Waals surface area contributed by atoms with E-state index in [9.17, 15) is 4.79 Å². The second-order valence-electron chi connectivity index (χ2n) is 5.36. The van der Waals surface area contributed by atoms with Crippen LogP contribution >= 0.6 is 35.0 Å². The summed E-state index contributed by atoms with van der Waals surface area (Å²) in [6, 6.07) is 13.2. The number of thioether (sulfide) groups is 1. The number of anilines is 1.